The van der Waals surface area contributed by atoms with Gasteiger partial charge in [0, 0.05) is 37.1 Å². The minimum atomic E-state index is 0.0628. The SMILES string of the molecule is C=CC(=O)N1CCC2(CCN(Cc3ccc(-n4c(-c5cccnc5N)nc5ccc(-c6ccccc6)nc54)cc3)CC2)CC1. The summed E-state index contributed by atoms with van der Waals surface area (Å²) in [5.74, 6) is 1.22. The molecule has 8 heteroatoms. The number of benzene rings is 2. The molecule has 2 saturated heterocycles. The van der Waals surface area contributed by atoms with Gasteiger partial charge in [0.25, 0.3) is 0 Å². The number of likely N-dealkylation sites (tertiary alicyclic amines) is 2. The van der Waals surface area contributed by atoms with E-state index in [-0.39, 0.29) is 5.91 Å². The molecule has 7 rings (SSSR count). The maximum atomic E-state index is 12.0. The maximum Gasteiger partial charge on any atom is 0.245 e. The predicted octanol–water partition coefficient (Wildman–Crippen LogP) is 6.12. The van der Waals surface area contributed by atoms with Gasteiger partial charge < -0.3 is 10.6 Å². The van der Waals surface area contributed by atoms with E-state index in [4.69, 9.17) is 15.7 Å². The van der Waals surface area contributed by atoms with Crippen LogP contribution in [0.25, 0.3) is 39.5 Å². The van der Waals surface area contributed by atoms with Gasteiger partial charge in [-0.3, -0.25) is 14.3 Å². The lowest BCUT2D eigenvalue weighted by Gasteiger charge is -2.46. The van der Waals surface area contributed by atoms with Gasteiger partial charge in [-0.05, 0) is 92.2 Å². The normalized spacial score (nSPS) is 16.8. The first-order valence-corrected chi connectivity index (χ1v) is 15.4. The Morgan fingerprint density at radius 2 is 1.59 bits per heavy atom. The van der Waals surface area contributed by atoms with Gasteiger partial charge in [-0.25, -0.2) is 15.0 Å². The number of pyridine rings is 2. The molecule has 3 aromatic heterocycles. The number of piperidine rings is 2. The second-order valence-electron chi connectivity index (χ2n) is 12.1. The first-order valence-electron chi connectivity index (χ1n) is 15.4. The minimum Gasteiger partial charge on any atom is -0.383 e. The van der Waals surface area contributed by atoms with E-state index in [2.05, 4.69) is 57.4 Å². The number of aromatic nitrogens is 4. The average molecular weight is 584 g/mol. The molecule has 2 aliphatic rings. The highest BCUT2D eigenvalue weighted by Gasteiger charge is 2.38. The zero-order valence-electron chi connectivity index (χ0n) is 24.9. The summed E-state index contributed by atoms with van der Waals surface area (Å²) in [4.78, 5) is 30.9. The van der Waals surface area contributed by atoms with Crippen molar-refractivity contribution in [1.29, 1.82) is 0 Å². The molecule has 1 amide bonds. The van der Waals surface area contributed by atoms with Crippen LogP contribution in [0.3, 0.4) is 0 Å². The molecule has 0 bridgehead atoms. The number of nitrogen functional groups attached to an aromatic ring is 1. The number of carbonyl (C=O) groups excluding carboxylic acids is 1. The number of nitrogens with zero attached hydrogens (tertiary/aromatic N) is 6. The average Bonchev–Trinajstić information content (AvgIpc) is 3.45. The van der Waals surface area contributed by atoms with Crippen LogP contribution in [0, 0.1) is 5.41 Å². The lowest BCUT2D eigenvalue weighted by molar-refractivity contribution is -0.128. The molecule has 0 unspecified atom stereocenters. The summed E-state index contributed by atoms with van der Waals surface area (Å²) in [6.07, 6.45) is 7.70. The Balaban J connectivity index is 1.13. The number of amides is 1. The maximum absolute atomic E-state index is 12.0. The lowest BCUT2D eigenvalue weighted by Crippen LogP contribution is -2.47. The van der Waals surface area contributed by atoms with Gasteiger partial charge in [0.15, 0.2) is 11.5 Å². The molecule has 0 saturated carbocycles. The fraction of sp³-hybridized carbons (Fsp3) is 0.278. The molecule has 5 heterocycles. The first-order chi connectivity index (χ1) is 21.5. The molecule has 2 aromatic carbocycles. The first kappa shape index (κ1) is 28.0. The molecule has 2 N–H and O–H groups in total. The molecule has 1 spiro atoms. The van der Waals surface area contributed by atoms with E-state index >= 15 is 0 Å². The fourth-order valence-electron chi connectivity index (χ4n) is 6.78. The second-order valence-corrected chi connectivity index (χ2v) is 12.1. The van der Waals surface area contributed by atoms with Crippen molar-refractivity contribution in [2.75, 3.05) is 31.9 Å². The molecule has 222 valence electrons. The molecule has 44 heavy (non-hydrogen) atoms. The van der Waals surface area contributed by atoms with E-state index in [0.29, 0.717) is 11.2 Å². The summed E-state index contributed by atoms with van der Waals surface area (Å²) in [5.41, 5.74) is 13.3. The summed E-state index contributed by atoms with van der Waals surface area (Å²) >= 11 is 0. The van der Waals surface area contributed by atoms with Gasteiger partial charge in [0.1, 0.15) is 11.3 Å². The number of hydrogen-bond acceptors (Lipinski definition) is 6. The van der Waals surface area contributed by atoms with E-state index in [1.54, 1.807) is 6.20 Å². The number of fused-ring (bicyclic) bond motifs is 1. The van der Waals surface area contributed by atoms with E-state index < -0.39 is 0 Å². The van der Waals surface area contributed by atoms with Crippen molar-refractivity contribution in [3.05, 3.63) is 103 Å². The number of nitrogens with two attached hydrogens (primary N) is 1. The second kappa shape index (κ2) is 11.7. The Kier molecular flexibility index (Phi) is 7.44. The third-order valence-electron chi connectivity index (χ3n) is 9.48. The van der Waals surface area contributed by atoms with Gasteiger partial charge in [0.2, 0.25) is 5.91 Å². The number of anilines is 1. The standard InChI is InChI=1S/C36H37N7O/c1-2-32(44)42-23-18-36(19-24-42)16-21-41(22-17-36)25-26-10-12-28(13-11-26)43-34(29-9-6-20-38-33(29)37)40-31-15-14-30(39-35(31)43)27-7-4-3-5-8-27/h2-15,20H,1,16-19,21-25H2,(H2,37,38). The third-order valence-corrected chi connectivity index (χ3v) is 9.48. The lowest BCUT2D eigenvalue weighted by atomic mass is 9.71. The molecular weight excluding hydrogens is 546 g/mol. The van der Waals surface area contributed by atoms with E-state index in [0.717, 1.165) is 85.1 Å². The molecule has 8 nitrogen and oxygen atoms in total. The molecule has 2 aliphatic heterocycles. The van der Waals surface area contributed by atoms with Crippen LogP contribution in [0.1, 0.15) is 31.2 Å². The Hall–Kier alpha value is -4.82. The van der Waals surface area contributed by atoms with Crippen molar-refractivity contribution in [3.8, 4) is 28.3 Å². The van der Waals surface area contributed by atoms with Crippen molar-refractivity contribution in [2.24, 2.45) is 5.41 Å². The highest BCUT2D eigenvalue weighted by atomic mass is 16.2. The highest BCUT2D eigenvalue weighted by molar-refractivity contribution is 5.87. The summed E-state index contributed by atoms with van der Waals surface area (Å²) in [6.45, 7) is 8.43. The van der Waals surface area contributed by atoms with Gasteiger partial charge >= 0.3 is 0 Å². The van der Waals surface area contributed by atoms with Crippen LogP contribution in [-0.2, 0) is 11.3 Å². The summed E-state index contributed by atoms with van der Waals surface area (Å²) in [6, 6.07) is 26.8. The van der Waals surface area contributed by atoms with E-state index in [1.165, 1.54) is 24.5 Å². The molecule has 5 aromatic rings. The largest absolute Gasteiger partial charge is 0.383 e. The predicted molar refractivity (Wildman–Crippen MR) is 175 cm³/mol. The van der Waals surface area contributed by atoms with Gasteiger partial charge in [0.05, 0.1) is 11.3 Å². The zero-order chi connectivity index (χ0) is 30.1. The van der Waals surface area contributed by atoms with E-state index in [9.17, 15) is 4.79 Å². The summed E-state index contributed by atoms with van der Waals surface area (Å²) in [5, 5.41) is 0. The molecule has 0 aliphatic carbocycles. The van der Waals surface area contributed by atoms with Crippen molar-refractivity contribution >= 4 is 22.9 Å². The topological polar surface area (TPSA) is 93.2 Å². The van der Waals surface area contributed by atoms with Crippen LogP contribution in [0.2, 0.25) is 0 Å². The van der Waals surface area contributed by atoms with Crippen molar-refractivity contribution in [3.63, 3.8) is 0 Å². The summed E-state index contributed by atoms with van der Waals surface area (Å²) < 4.78 is 2.09. The van der Waals surface area contributed by atoms with Crippen molar-refractivity contribution in [1.82, 2.24) is 29.3 Å². The Morgan fingerprint density at radius 3 is 2.30 bits per heavy atom. The quantitative estimate of drug-likeness (QED) is 0.242. The number of hydrogen-bond donors (Lipinski definition) is 1. The molecule has 2 fully saturated rings. The van der Waals surface area contributed by atoms with Crippen LogP contribution >= 0.6 is 0 Å². The Morgan fingerprint density at radius 1 is 0.864 bits per heavy atom. The summed E-state index contributed by atoms with van der Waals surface area (Å²) in [7, 11) is 0. The molecule has 0 atom stereocenters. The number of rotatable bonds is 6. The Bertz CT molecular complexity index is 1790. The van der Waals surface area contributed by atoms with Crippen LogP contribution in [0.5, 0.6) is 0 Å². The van der Waals surface area contributed by atoms with Gasteiger partial charge in [-0.2, -0.15) is 0 Å². The molecule has 0 radical (unpaired) electrons. The van der Waals surface area contributed by atoms with Gasteiger partial charge in [-0.15, -0.1) is 0 Å². The minimum absolute atomic E-state index is 0.0628. The third kappa shape index (κ3) is 5.37. The van der Waals surface area contributed by atoms with Crippen molar-refractivity contribution < 1.29 is 4.79 Å². The van der Waals surface area contributed by atoms with Crippen LogP contribution in [0.15, 0.2) is 97.7 Å². The molecular formula is C36H37N7O. The van der Waals surface area contributed by atoms with E-state index in [1.807, 2.05) is 47.4 Å². The van der Waals surface area contributed by atoms with Crippen LogP contribution in [0.4, 0.5) is 5.82 Å². The van der Waals surface area contributed by atoms with Gasteiger partial charge in [-0.1, -0.05) is 49.0 Å². The fourth-order valence-corrected chi connectivity index (χ4v) is 6.78. The monoisotopic (exact) mass is 583 g/mol. The zero-order valence-corrected chi connectivity index (χ0v) is 24.9. The van der Waals surface area contributed by atoms with Crippen LogP contribution in [-0.4, -0.2) is 61.4 Å². The number of imidazole rings is 1. The Labute approximate surface area is 257 Å². The number of carbonyl (C=O) groups is 1. The highest BCUT2D eigenvalue weighted by Crippen LogP contribution is 2.41. The van der Waals surface area contributed by atoms with Crippen LogP contribution < -0.4 is 5.73 Å². The van der Waals surface area contributed by atoms with Crippen molar-refractivity contribution in [2.45, 2.75) is 32.2 Å². The smallest absolute Gasteiger partial charge is 0.245 e.